The van der Waals surface area contributed by atoms with Gasteiger partial charge in [0, 0.05) is 5.92 Å². The van der Waals surface area contributed by atoms with Gasteiger partial charge in [-0.3, -0.25) is 0 Å². The molecule has 78 valence electrons. The Balaban J connectivity index is 1.79. The predicted molar refractivity (Wildman–Crippen MR) is 57.6 cm³/mol. The van der Waals surface area contributed by atoms with E-state index >= 15 is 0 Å². The molecule has 0 spiro atoms. The fourth-order valence-electron chi connectivity index (χ4n) is 3.33. The third-order valence-corrected chi connectivity index (χ3v) is 4.27. The van der Waals surface area contributed by atoms with Gasteiger partial charge in [-0.25, -0.2) is 0 Å². The van der Waals surface area contributed by atoms with Crippen molar-refractivity contribution in [2.45, 2.75) is 57.8 Å². The second-order valence-corrected chi connectivity index (χ2v) is 5.14. The molecule has 0 aromatic carbocycles. The molecule has 0 aromatic rings. The minimum atomic E-state index is 0.384. The highest BCUT2D eigenvalue weighted by atomic mass is 14.4. The molecule has 0 saturated heterocycles. The minimum Gasteiger partial charge on any atom is -0.198 e. The Kier molecular flexibility index (Phi) is 3.45. The highest BCUT2D eigenvalue weighted by molar-refractivity contribution is 4.89. The zero-order valence-electron chi connectivity index (χ0n) is 9.04. The quantitative estimate of drug-likeness (QED) is 0.616. The summed E-state index contributed by atoms with van der Waals surface area (Å²) in [4.78, 5) is 0. The van der Waals surface area contributed by atoms with Crippen molar-refractivity contribution >= 4 is 0 Å². The van der Waals surface area contributed by atoms with Gasteiger partial charge >= 0.3 is 0 Å². The van der Waals surface area contributed by atoms with E-state index in [1.54, 1.807) is 0 Å². The highest BCUT2D eigenvalue weighted by Crippen LogP contribution is 2.39. The summed E-state index contributed by atoms with van der Waals surface area (Å²) in [5.74, 6) is 2.37. The summed E-state index contributed by atoms with van der Waals surface area (Å²) in [6.07, 6.45) is 12.4. The van der Waals surface area contributed by atoms with E-state index in [9.17, 15) is 0 Å². The van der Waals surface area contributed by atoms with Crippen LogP contribution in [0.4, 0.5) is 0 Å². The highest BCUT2D eigenvalue weighted by Gasteiger charge is 2.28. The van der Waals surface area contributed by atoms with Crippen molar-refractivity contribution in [3.63, 3.8) is 0 Å². The normalized spacial score (nSPS) is 35.1. The Hall–Kier alpha value is -0.510. The molecule has 0 aromatic heterocycles. The van der Waals surface area contributed by atoms with Crippen LogP contribution in [0.3, 0.4) is 0 Å². The first-order valence-electron chi connectivity index (χ1n) is 6.30. The van der Waals surface area contributed by atoms with E-state index in [4.69, 9.17) is 5.26 Å². The van der Waals surface area contributed by atoms with Crippen molar-refractivity contribution in [2.75, 3.05) is 0 Å². The van der Waals surface area contributed by atoms with E-state index in [2.05, 4.69) is 6.07 Å². The van der Waals surface area contributed by atoms with Gasteiger partial charge in [0.15, 0.2) is 0 Å². The molecule has 2 aliphatic carbocycles. The van der Waals surface area contributed by atoms with Gasteiger partial charge in [-0.15, -0.1) is 0 Å². The van der Waals surface area contributed by atoms with Gasteiger partial charge in [-0.1, -0.05) is 32.1 Å². The Morgan fingerprint density at radius 3 is 1.86 bits per heavy atom. The van der Waals surface area contributed by atoms with Gasteiger partial charge in [-0.05, 0) is 37.5 Å². The number of hydrogen-bond donors (Lipinski definition) is 0. The SMILES string of the molecule is N#C[C@H]1CC[C@H](C2CCCCC2)CC1. The van der Waals surface area contributed by atoms with Crippen molar-refractivity contribution in [2.24, 2.45) is 17.8 Å². The Morgan fingerprint density at radius 2 is 1.29 bits per heavy atom. The Bertz CT molecular complexity index is 202. The van der Waals surface area contributed by atoms with E-state index in [0.29, 0.717) is 5.92 Å². The van der Waals surface area contributed by atoms with Gasteiger partial charge in [0.2, 0.25) is 0 Å². The van der Waals surface area contributed by atoms with Gasteiger partial charge in [0.05, 0.1) is 6.07 Å². The second kappa shape index (κ2) is 4.82. The smallest absolute Gasteiger partial charge is 0.0655 e. The van der Waals surface area contributed by atoms with Gasteiger partial charge in [0.25, 0.3) is 0 Å². The maximum atomic E-state index is 8.84. The maximum absolute atomic E-state index is 8.84. The fourth-order valence-corrected chi connectivity index (χ4v) is 3.33. The maximum Gasteiger partial charge on any atom is 0.0655 e. The molecule has 1 heteroatoms. The molecule has 2 saturated carbocycles. The molecule has 0 N–H and O–H groups in total. The number of nitrogens with zero attached hydrogens (tertiary/aromatic N) is 1. The molecule has 0 unspecified atom stereocenters. The standard InChI is InChI=1S/C13H21N/c14-10-11-6-8-13(9-7-11)12-4-2-1-3-5-12/h11-13H,1-9H2/t11-,13-. The number of rotatable bonds is 1. The Morgan fingerprint density at radius 1 is 0.714 bits per heavy atom. The van der Waals surface area contributed by atoms with Crippen LogP contribution in [0.15, 0.2) is 0 Å². The summed E-state index contributed by atoms with van der Waals surface area (Å²) < 4.78 is 0. The first kappa shape index (κ1) is 10.0. The summed E-state index contributed by atoms with van der Waals surface area (Å²) in [5.41, 5.74) is 0. The third-order valence-electron chi connectivity index (χ3n) is 4.27. The molecule has 14 heavy (non-hydrogen) atoms. The van der Waals surface area contributed by atoms with E-state index in [1.165, 1.54) is 57.8 Å². The number of hydrogen-bond acceptors (Lipinski definition) is 1. The zero-order chi connectivity index (χ0) is 9.80. The third kappa shape index (κ3) is 2.29. The molecule has 0 aliphatic heterocycles. The zero-order valence-corrected chi connectivity index (χ0v) is 9.04. The predicted octanol–water partition coefficient (Wildman–Crippen LogP) is 3.90. The lowest BCUT2D eigenvalue weighted by Crippen LogP contribution is -2.23. The molecule has 0 radical (unpaired) electrons. The molecule has 0 atom stereocenters. The lowest BCUT2D eigenvalue weighted by molar-refractivity contribution is 0.181. The second-order valence-electron chi connectivity index (χ2n) is 5.14. The van der Waals surface area contributed by atoms with Crippen LogP contribution in [-0.4, -0.2) is 0 Å². The summed E-state index contributed by atoms with van der Waals surface area (Å²) in [7, 11) is 0. The first-order valence-corrected chi connectivity index (χ1v) is 6.30. The molecule has 2 rings (SSSR count). The van der Waals surface area contributed by atoms with Crippen LogP contribution < -0.4 is 0 Å². The van der Waals surface area contributed by atoms with E-state index in [0.717, 1.165) is 11.8 Å². The Labute approximate surface area is 87.5 Å². The largest absolute Gasteiger partial charge is 0.198 e. The lowest BCUT2D eigenvalue weighted by Gasteiger charge is -2.34. The molecule has 1 nitrogen and oxygen atoms in total. The van der Waals surface area contributed by atoms with Crippen LogP contribution in [0, 0.1) is 29.1 Å². The lowest BCUT2D eigenvalue weighted by atomic mass is 9.71. The van der Waals surface area contributed by atoms with Gasteiger partial charge in [0.1, 0.15) is 0 Å². The average molecular weight is 191 g/mol. The van der Waals surface area contributed by atoms with Crippen LogP contribution in [0.25, 0.3) is 0 Å². The first-order chi connectivity index (χ1) is 6.90. The summed E-state index contributed by atoms with van der Waals surface area (Å²) >= 11 is 0. The van der Waals surface area contributed by atoms with Crippen molar-refractivity contribution < 1.29 is 0 Å². The topological polar surface area (TPSA) is 23.8 Å². The van der Waals surface area contributed by atoms with Crippen LogP contribution in [-0.2, 0) is 0 Å². The summed E-state index contributed by atoms with van der Waals surface area (Å²) in [5, 5.41) is 8.84. The van der Waals surface area contributed by atoms with Crippen LogP contribution in [0.1, 0.15) is 57.8 Å². The van der Waals surface area contributed by atoms with E-state index in [-0.39, 0.29) is 0 Å². The van der Waals surface area contributed by atoms with Crippen LogP contribution in [0.5, 0.6) is 0 Å². The molecular formula is C13H21N. The van der Waals surface area contributed by atoms with Gasteiger partial charge < -0.3 is 0 Å². The van der Waals surface area contributed by atoms with Crippen molar-refractivity contribution in [1.29, 1.82) is 5.26 Å². The molecule has 2 fully saturated rings. The molecule has 0 bridgehead atoms. The van der Waals surface area contributed by atoms with E-state index < -0.39 is 0 Å². The van der Waals surface area contributed by atoms with E-state index in [1.807, 2.05) is 0 Å². The minimum absolute atomic E-state index is 0.384. The van der Waals surface area contributed by atoms with Crippen LogP contribution in [0.2, 0.25) is 0 Å². The molecule has 0 heterocycles. The number of nitriles is 1. The molecular weight excluding hydrogens is 170 g/mol. The average Bonchev–Trinajstić information content (AvgIpc) is 2.30. The van der Waals surface area contributed by atoms with Crippen molar-refractivity contribution in [3.8, 4) is 6.07 Å². The summed E-state index contributed by atoms with van der Waals surface area (Å²) in [6, 6.07) is 2.43. The van der Waals surface area contributed by atoms with Crippen molar-refractivity contribution in [3.05, 3.63) is 0 Å². The monoisotopic (exact) mass is 191 g/mol. The molecule has 2 aliphatic rings. The van der Waals surface area contributed by atoms with Crippen molar-refractivity contribution in [1.82, 2.24) is 0 Å². The summed E-state index contributed by atoms with van der Waals surface area (Å²) in [6.45, 7) is 0. The van der Waals surface area contributed by atoms with Gasteiger partial charge in [-0.2, -0.15) is 5.26 Å². The fraction of sp³-hybridized carbons (Fsp3) is 0.923. The van der Waals surface area contributed by atoms with Crippen LogP contribution >= 0.6 is 0 Å². The molecule has 0 amide bonds.